The molecule has 0 fully saturated rings. The standard InChI is InChI=1S/C14H10F3N5OS/c1-23-13-11(10-9(6-18)20-22-21-10)19-12(24-13)7-3-2-4-8(5-7)14(15,16)17/h2-4,7H,5H2,1H3,(H,20,21,22). The fraction of sp³-hybridized carbons (Fsp3) is 0.286. The monoisotopic (exact) mass is 353 g/mol. The minimum absolute atomic E-state index is 0.111. The molecule has 1 aliphatic carbocycles. The van der Waals surface area contributed by atoms with E-state index in [0.29, 0.717) is 15.8 Å². The van der Waals surface area contributed by atoms with Crippen molar-refractivity contribution in [1.82, 2.24) is 20.4 Å². The first kappa shape index (κ1) is 16.2. The molecule has 0 saturated heterocycles. The largest absolute Gasteiger partial charge is 0.486 e. The Labute approximate surface area is 138 Å². The third-order valence-electron chi connectivity index (χ3n) is 3.44. The highest BCUT2D eigenvalue weighted by Crippen LogP contribution is 2.43. The van der Waals surface area contributed by atoms with Crippen LogP contribution in [0.5, 0.6) is 5.06 Å². The van der Waals surface area contributed by atoms with Crippen LogP contribution in [0.1, 0.15) is 23.0 Å². The molecule has 2 heterocycles. The topological polar surface area (TPSA) is 87.5 Å². The number of nitrogens with one attached hydrogen (secondary N) is 1. The van der Waals surface area contributed by atoms with Gasteiger partial charge in [-0.05, 0) is 6.42 Å². The summed E-state index contributed by atoms with van der Waals surface area (Å²) in [5.74, 6) is -0.517. The first-order valence-corrected chi connectivity index (χ1v) is 7.56. The van der Waals surface area contributed by atoms with Gasteiger partial charge in [0.2, 0.25) is 5.06 Å². The molecule has 0 aromatic carbocycles. The normalized spacial score (nSPS) is 17.5. The SMILES string of the molecule is COc1sc(C2C=CC=C(C(F)(F)F)C2)nc1-c1nn[nH]c1C#N. The van der Waals surface area contributed by atoms with Gasteiger partial charge in [0, 0.05) is 11.5 Å². The number of thiazole rings is 1. The molecule has 2 aromatic rings. The van der Waals surface area contributed by atoms with Gasteiger partial charge in [-0.3, -0.25) is 0 Å². The Balaban J connectivity index is 1.96. The molecular weight excluding hydrogens is 343 g/mol. The molecule has 1 N–H and O–H groups in total. The number of aromatic amines is 1. The number of nitrogens with zero attached hydrogens (tertiary/aromatic N) is 4. The molecule has 0 spiro atoms. The second kappa shape index (κ2) is 6.09. The van der Waals surface area contributed by atoms with Gasteiger partial charge in [0.1, 0.15) is 16.8 Å². The number of allylic oxidation sites excluding steroid dienone is 4. The quantitative estimate of drug-likeness (QED) is 0.914. The third-order valence-corrected chi connectivity index (χ3v) is 4.59. The van der Waals surface area contributed by atoms with Crippen molar-refractivity contribution in [2.45, 2.75) is 18.5 Å². The van der Waals surface area contributed by atoms with Crippen molar-refractivity contribution in [1.29, 1.82) is 5.26 Å². The van der Waals surface area contributed by atoms with Crippen LogP contribution in [0.15, 0.2) is 23.8 Å². The van der Waals surface area contributed by atoms with E-state index in [1.165, 1.54) is 13.2 Å². The number of ether oxygens (including phenoxy) is 1. The molecule has 10 heteroatoms. The lowest BCUT2D eigenvalue weighted by molar-refractivity contribution is -0.0944. The van der Waals surface area contributed by atoms with Gasteiger partial charge in [0.05, 0.1) is 7.11 Å². The minimum atomic E-state index is -4.37. The van der Waals surface area contributed by atoms with Gasteiger partial charge in [-0.2, -0.15) is 18.4 Å². The fourth-order valence-corrected chi connectivity index (χ4v) is 3.26. The van der Waals surface area contributed by atoms with Gasteiger partial charge < -0.3 is 4.74 Å². The first-order valence-electron chi connectivity index (χ1n) is 6.74. The molecule has 0 saturated carbocycles. The first-order chi connectivity index (χ1) is 11.4. The summed E-state index contributed by atoms with van der Waals surface area (Å²) in [5.41, 5.74) is 0.00705. The van der Waals surface area contributed by atoms with Crippen molar-refractivity contribution >= 4 is 11.3 Å². The van der Waals surface area contributed by atoms with E-state index in [4.69, 9.17) is 10.00 Å². The highest BCUT2D eigenvalue weighted by Gasteiger charge is 2.36. The second-order valence-electron chi connectivity index (χ2n) is 4.92. The lowest BCUT2D eigenvalue weighted by Gasteiger charge is -2.18. The summed E-state index contributed by atoms with van der Waals surface area (Å²) < 4.78 is 43.9. The smallest absolute Gasteiger partial charge is 0.412 e. The number of halogens is 3. The number of aromatic nitrogens is 4. The molecule has 6 nitrogen and oxygen atoms in total. The third kappa shape index (κ3) is 2.90. The number of H-pyrrole nitrogens is 1. The van der Waals surface area contributed by atoms with E-state index >= 15 is 0 Å². The predicted octanol–water partition coefficient (Wildman–Crippen LogP) is 3.34. The summed E-state index contributed by atoms with van der Waals surface area (Å²) >= 11 is 1.13. The van der Waals surface area contributed by atoms with E-state index < -0.39 is 17.7 Å². The average Bonchev–Trinajstić information content (AvgIpc) is 3.20. The Kier molecular flexibility index (Phi) is 4.11. The van der Waals surface area contributed by atoms with Crippen molar-refractivity contribution in [3.8, 4) is 22.5 Å². The van der Waals surface area contributed by atoms with Crippen molar-refractivity contribution in [2.24, 2.45) is 0 Å². The number of hydrogen-bond acceptors (Lipinski definition) is 6. The minimum Gasteiger partial charge on any atom is -0.486 e. The molecule has 2 aromatic heterocycles. The van der Waals surface area contributed by atoms with E-state index in [2.05, 4.69) is 20.4 Å². The molecule has 0 amide bonds. The predicted molar refractivity (Wildman–Crippen MR) is 79.4 cm³/mol. The highest BCUT2D eigenvalue weighted by molar-refractivity contribution is 7.14. The van der Waals surface area contributed by atoms with Crippen LogP contribution >= 0.6 is 11.3 Å². The maximum atomic E-state index is 12.9. The van der Waals surface area contributed by atoms with E-state index in [-0.39, 0.29) is 17.8 Å². The zero-order valence-electron chi connectivity index (χ0n) is 12.3. The number of methoxy groups -OCH3 is 1. The van der Waals surface area contributed by atoms with Crippen LogP contribution in [0.25, 0.3) is 11.4 Å². The van der Waals surface area contributed by atoms with E-state index in [9.17, 15) is 13.2 Å². The highest BCUT2D eigenvalue weighted by atomic mass is 32.1. The molecule has 0 aliphatic heterocycles. The Morgan fingerprint density at radius 3 is 2.88 bits per heavy atom. The van der Waals surface area contributed by atoms with Crippen LogP contribution in [-0.4, -0.2) is 33.7 Å². The van der Waals surface area contributed by atoms with Gasteiger partial charge in [-0.25, -0.2) is 10.1 Å². The van der Waals surface area contributed by atoms with E-state index in [0.717, 1.165) is 17.4 Å². The molecule has 0 radical (unpaired) electrons. The molecular formula is C14H10F3N5OS. The van der Waals surface area contributed by atoms with Gasteiger partial charge in [-0.15, -0.1) is 5.10 Å². The molecule has 24 heavy (non-hydrogen) atoms. The van der Waals surface area contributed by atoms with E-state index in [1.54, 1.807) is 6.08 Å². The van der Waals surface area contributed by atoms with Crippen molar-refractivity contribution in [3.63, 3.8) is 0 Å². The van der Waals surface area contributed by atoms with Gasteiger partial charge in [-0.1, -0.05) is 34.8 Å². The van der Waals surface area contributed by atoms with Crippen molar-refractivity contribution in [3.05, 3.63) is 34.5 Å². The molecule has 3 rings (SSSR count). The summed E-state index contributed by atoms with van der Waals surface area (Å²) in [6.07, 6.45) is -0.465. The summed E-state index contributed by atoms with van der Waals surface area (Å²) in [6, 6.07) is 1.90. The summed E-state index contributed by atoms with van der Waals surface area (Å²) in [6.45, 7) is 0. The van der Waals surface area contributed by atoms with Crippen LogP contribution in [0, 0.1) is 11.3 Å². The molecule has 0 bridgehead atoms. The Hall–Kier alpha value is -2.67. The van der Waals surface area contributed by atoms with Crippen molar-refractivity contribution in [2.75, 3.05) is 7.11 Å². The van der Waals surface area contributed by atoms with Crippen LogP contribution < -0.4 is 4.74 Å². The van der Waals surface area contributed by atoms with Crippen LogP contribution in [0.3, 0.4) is 0 Å². The molecule has 1 aliphatic rings. The number of rotatable bonds is 3. The number of hydrogen-bond donors (Lipinski definition) is 1. The molecule has 124 valence electrons. The maximum Gasteiger partial charge on any atom is 0.412 e. The zero-order valence-corrected chi connectivity index (χ0v) is 13.1. The van der Waals surface area contributed by atoms with E-state index in [1.807, 2.05) is 6.07 Å². The average molecular weight is 353 g/mol. The lowest BCUT2D eigenvalue weighted by Crippen LogP contribution is -2.15. The van der Waals surface area contributed by atoms with Crippen molar-refractivity contribution < 1.29 is 17.9 Å². The summed E-state index contributed by atoms with van der Waals surface area (Å²) in [7, 11) is 1.42. The summed E-state index contributed by atoms with van der Waals surface area (Å²) in [5, 5.41) is 19.7. The van der Waals surface area contributed by atoms with Crippen LogP contribution in [0.4, 0.5) is 13.2 Å². The second-order valence-corrected chi connectivity index (χ2v) is 5.92. The fourth-order valence-electron chi connectivity index (χ4n) is 2.30. The van der Waals surface area contributed by atoms with Crippen LogP contribution in [0.2, 0.25) is 0 Å². The lowest BCUT2D eigenvalue weighted by atomic mass is 9.94. The Bertz CT molecular complexity index is 859. The van der Waals surface area contributed by atoms with Gasteiger partial charge in [0.25, 0.3) is 0 Å². The molecule has 1 unspecified atom stereocenters. The maximum absolute atomic E-state index is 12.9. The summed E-state index contributed by atoms with van der Waals surface area (Å²) in [4.78, 5) is 4.35. The molecule has 1 atom stereocenters. The van der Waals surface area contributed by atoms with Crippen LogP contribution in [-0.2, 0) is 0 Å². The van der Waals surface area contributed by atoms with Gasteiger partial charge >= 0.3 is 6.18 Å². The van der Waals surface area contributed by atoms with Gasteiger partial charge in [0.15, 0.2) is 11.4 Å². The number of nitriles is 1. The Morgan fingerprint density at radius 2 is 2.21 bits per heavy atom. The number of alkyl halides is 3. The Morgan fingerprint density at radius 1 is 1.42 bits per heavy atom. The zero-order chi connectivity index (χ0) is 17.3.